The van der Waals surface area contributed by atoms with Gasteiger partial charge in [-0.25, -0.2) is 0 Å². The summed E-state index contributed by atoms with van der Waals surface area (Å²) < 4.78 is 12.0. The van der Waals surface area contributed by atoms with Gasteiger partial charge in [-0.15, -0.1) is 0 Å². The lowest BCUT2D eigenvalue weighted by molar-refractivity contribution is -0.118. The molecule has 6 nitrogen and oxygen atoms in total. The molecular weight excluding hydrogens is 478 g/mol. The molecule has 1 heterocycles. The van der Waals surface area contributed by atoms with Gasteiger partial charge in [0.25, 0.3) is 5.91 Å². The summed E-state index contributed by atoms with van der Waals surface area (Å²) >= 11 is 9.30. The Kier molecular flexibility index (Phi) is 8.28. The standard InChI is InChI=1S/C23H28BrN3O3S/c1-4-26-9-11-27(12-10-26)23(31)17-13-18(24)22(20(14-17)29-3)30-15-21(28)25-19-8-6-5-7-16(19)2/h5-8,13-14H,4,9-12,15H2,1-3H3,(H,25,28). The number of nitrogens with one attached hydrogen (secondary N) is 1. The number of likely N-dealkylation sites (N-methyl/N-ethyl adjacent to an activating group) is 1. The molecule has 0 spiro atoms. The molecule has 0 unspecified atom stereocenters. The molecule has 1 saturated heterocycles. The van der Waals surface area contributed by atoms with E-state index in [1.807, 2.05) is 43.3 Å². The van der Waals surface area contributed by atoms with Crippen molar-refractivity contribution in [3.8, 4) is 11.5 Å². The first-order chi connectivity index (χ1) is 14.9. The van der Waals surface area contributed by atoms with E-state index in [4.69, 9.17) is 21.7 Å². The number of piperazine rings is 1. The molecule has 0 atom stereocenters. The number of ether oxygens (including phenoxy) is 2. The second kappa shape index (κ2) is 10.9. The number of halogens is 1. The van der Waals surface area contributed by atoms with E-state index in [-0.39, 0.29) is 12.5 Å². The summed E-state index contributed by atoms with van der Waals surface area (Å²) in [6.45, 7) is 8.87. The minimum Gasteiger partial charge on any atom is -0.493 e. The fourth-order valence-corrected chi connectivity index (χ4v) is 4.33. The molecule has 0 aliphatic carbocycles. The van der Waals surface area contributed by atoms with Gasteiger partial charge in [0.05, 0.1) is 11.6 Å². The number of para-hydroxylation sites is 1. The number of rotatable bonds is 7. The number of carbonyl (C=O) groups is 1. The van der Waals surface area contributed by atoms with Gasteiger partial charge in [-0.3, -0.25) is 4.79 Å². The van der Waals surface area contributed by atoms with E-state index in [1.54, 1.807) is 7.11 Å². The Morgan fingerprint density at radius 3 is 2.55 bits per heavy atom. The minimum atomic E-state index is -0.239. The third-order valence-electron chi connectivity index (χ3n) is 5.35. The Bertz CT molecular complexity index is 946. The normalized spacial score (nSPS) is 14.3. The van der Waals surface area contributed by atoms with Crippen molar-refractivity contribution in [1.29, 1.82) is 0 Å². The number of hydrogen-bond donors (Lipinski definition) is 1. The lowest BCUT2D eigenvalue weighted by atomic mass is 10.1. The molecule has 2 aromatic rings. The molecule has 0 saturated carbocycles. The molecular formula is C23H28BrN3O3S. The lowest BCUT2D eigenvalue weighted by Crippen LogP contribution is -2.48. The number of benzene rings is 2. The number of hydrogen-bond acceptors (Lipinski definition) is 5. The number of thiocarbonyl (C=S) groups is 1. The highest BCUT2D eigenvalue weighted by Gasteiger charge is 2.21. The van der Waals surface area contributed by atoms with Crippen LogP contribution in [0.2, 0.25) is 0 Å². The molecule has 1 fully saturated rings. The Labute approximate surface area is 197 Å². The summed E-state index contributed by atoms with van der Waals surface area (Å²) in [5, 5.41) is 2.87. The van der Waals surface area contributed by atoms with Gasteiger partial charge in [-0.05, 0) is 53.2 Å². The average Bonchev–Trinajstić information content (AvgIpc) is 2.78. The number of aryl methyl sites for hydroxylation is 1. The maximum absolute atomic E-state index is 12.4. The summed E-state index contributed by atoms with van der Waals surface area (Å²) in [5.74, 6) is 0.768. The van der Waals surface area contributed by atoms with Crippen LogP contribution in [-0.2, 0) is 4.79 Å². The predicted molar refractivity (Wildman–Crippen MR) is 131 cm³/mol. The molecule has 0 bridgehead atoms. The summed E-state index contributed by atoms with van der Waals surface area (Å²) in [6, 6.07) is 11.4. The molecule has 0 aromatic heterocycles. The summed E-state index contributed by atoms with van der Waals surface area (Å²) in [7, 11) is 1.58. The van der Waals surface area contributed by atoms with Crippen LogP contribution in [0.15, 0.2) is 40.9 Å². The van der Waals surface area contributed by atoms with E-state index >= 15 is 0 Å². The average molecular weight is 506 g/mol. The van der Waals surface area contributed by atoms with Gasteiger partial charge >= 0.3 is 0 Å². The molecule has 2 aromatic carbocycles. The number of amides is 1. The zero-order valence-electron chi connectivity index (χ0n) is 18.1. The van der Waals surface area contributed by atoms with Crippen molar-refractivity contribution < 1.29 is 14.3 Å². The molecule has 0 radical (unpaired) electrons. The van der Waals surface area contributed by atoms with Gasteiger partial charge in [-0.1, -0.05) is 37.3 Å². The topological polar surface area (TPSA) is 54.0 Å². The molecule has 3 rings (SSSR count). The van der Waals surface area contributed by atoms with Crippen LogP contribution >= 0.6 is 28.1 Å². The maximum Gasteiger partial charge on any atom is 0.262 e. The van der Waals surface area contributed by atoms with Crippen LogP contribution in [-0.4, -0.2) is 67.1 Å². The smallest absolute Gasteiger partial charge is 0.262 e. The molecule has 1 aliphatic rings. The van der Waals surface area contributed by atoms with Gasteiger partial charge in [-0.2, -0.15) is 0 Å². The zero-order chi connectivity index (χ0) is 22.4. The summed E-state index contributed by atoms with van der Waals surface area (Å²) in [6.07, 6.45) is 0. The van der Waals surface area contributed by atoms with Crippen LogP contribution in [0.4, 0.5) is 5.69 Å². The SMILES string of the molecule is CCN1CCN(C(=S)c2cc(Br)c(OCC(=O)Nc3ccccc3C)c(OC)c2)CC1. The van der Waals surface area contributed by atoms with E-state index in [9.17, 15) is 4.79 Å². The van der Waals surface area contributed by atoms with Crippen LogP contribution in [0.25, 0.3) is 0 Å². The molecule has 1 amide bonds. The first kappa shape index (κ1) is 23.5. The third kappa shape index (κ3) is 5.96. The molecule has 31 heavy (non-hydrogen) atoms. The second-order valence-corrected chi connectivity index (χ2v) is 8.61. The Morgan fingerprint density at radius 2 is 1.90 bits per heavy atom. The highest BCUT2D eigenvalue weighted by atomic mass is 79.9. The zero-order valence-corrected chi connectivity index (χ0v) is 20.5. The largest absolute Gasteiger partial charge is 0.493 e. The predicted octanol–water partition coefficient (Wildman–Crippen LogP) is 4.10. The van der Waals surface area contributed by atoms with Gasteiger partial charge in [0.1, 0.15) is 4.99 Å². The Morgan fingerprint density at radius 1 is 1.19 bits per heavy atom. The van der Waals surface area contributed by atoms with Gasteiger partial charge < -0.3 is 24.6 Å². The second-order valence-electron chi connectivity index (χ2n) is 7.37. The van der Waals surface area contributed by atoms with Crippen molar-refractivity contribution in [3.63, 3.8) is 0 Å². The van der Waals surface area contributed by atoms with Crippen molar-refractivity contribution in [2.45, 2.75) is 13.8 Å². The fourth-order valence-electron chi connectivity index (χ4n) is 3.47. The van der Waals surface area contributed by atoms with E-state index in [0.29, 0.717) is 16.0 Å². The van der Waals surface area contributed by atoms with E-state index in [2.05, 4.69) is 38.0 Å². The van der Waals surface area contributed by atoms with Crippen molar-refractivity contribution >= 4 is 44.7 Å². The Balaban J connectivity index is 1.67. The first-order valence-corrected chi connectivity index (χ1v) is 11.5. The maximum atomic E-state index is 12.4. The first-order valence-electron chi connectivity index (χ1n) is 10.3. The molecule has 166 valence electrons. The molecule has 1 N–H and O–H groups in total. The Hall–Kier alpha value is -2.16. The molecule has 8 heteroatoms. The minimum absolute atomic E-state index is 0.133. The quantitative estimate of drug-likeness (QED) is 0.571. The van der Waals surface area contributed by atoms with Crippen LogP contribution in [0.5, 0.6) is 11.5 Å². The summed E-state index contributed by atoms with van der Waals surface area (Å²) in [5.41, 5.74) is 2.65. The van der Waals surface area contributed by atoms with Crippen LogP contribution in [0.1, 0.15) is 18.1 Å². The van der Waals surface area contributed by atoms with E-state index in [0.717, 1.165) is 54.5 Å². The van der Waals surface area contributed by atoms with Gasteiger partial charge in [0.15, 0.2) is 18.1 Å². The number of methoxy groups -OCH3 is 1. The van der Waals surface area contributed by atoms with Crippen molar-refractivity contribution in [1.82, 2.24) is 9.80 Å². The van der Waals surface area contributed by atoms with Gasteiger partial charge in [0.2, 0.25) is 0 Å². The van der Waals surface area contributed by atoms with Crippen LogP contribution in [0.3, 0.4) is 0 Å². The highest BCUT2D eigenvalue weighted by Crippen LogP contribution is 2.37. The van der Waals surface area contributed by atoms with Gasteiger partial charge in [0, 0.05) is 37.4 Å². The molecule has 1 aliphatic heterocycles. The monoisotopic (exact) mass is 505 g/mol. The summed E-state index contributed by atoms with van der Waals surface area (Å²) in [4.78, 5) is 17.8. The third-order valence-corrected chi connectivity index (χ3v) is 6.43. The van der Waals surface area contributed by atoms with Crippen molar-refractivity contribution in [2.24, 2.45) is 0 Å². The number of anilines is 1. The van der Waals surface area contributed by atoms with Crippen LogP contribution < -0.4 is 14.8 Å². The van der Waals surface area contributed by atoms with Crippen molar-refractivity contribution in [2.75, 3.05) is 51.8 Å². The van der Waals surface area contributed by atoms with E-state index in [1.165, 1.54) is 0 Å². The van der Waals surface area contributed by atoms with Crippen molar-refractivity contribution in [3.05, 3.63) is 52.0 Å². The fraction of sp³-hybridized carbons (Fsp3) is 0.391. The highest BCUT2D eigenvalue weighted by molar-refractivity contribution is 9.10. The van der Waals surface area contributed by atoms with Crippen LogP contribution in [0, 0.1) is 6.92 Å². The number of carbonyl (C=O) groups excluding carboxylic acids is 1. The van der Waals surface area contributed by atoms with E-state index < -0.39 is 0 Å². The number of nitrogens with zero attached hydrogens (tertiary/aromatic N) is 2. The lowest BCUT2D eigenvalue weighted by Gasteiger charge is -2.35.